The molecule has 12 N–H and O–H groups in total. The molecular formula is C78H137NO18. The van der Waals surface area contributed by atoms with Crippen LogP contribution in [0.4, 0.5) is 0 Å². The fourth-order valence-corrected chi connectivity index (χ4v) is 12.5. The molecule has 3 fully saturated rings. The molecule has 97 heavy (non-hydrogen) atoms. The van der Waals surface area contributed by atoms with Gasteiger partial charge in [-0.15, -0.1) is 0 Å². The van der Waals surface area contributed by atoms with Crippen LogP contribution in [0.5, 0.6) is 0 Å². The zero-order chi connectivity index (χ0) is 70.4. The van der Waals surface area contributed by atoms with Crippen LogP contribution in [-0.2, 0) is 33.2 Å². The number of unbranched alkanes of at least 4 members (excludes halogenated alkanes) is 31. The highest BCUT2D eigenvalue weighted by Gasteiger charge is 2.53. The SMILES string of the molecule is CC/C=C\C/C=C\C/C=C\C/C=C\C/C=C\C/C=C\CCCCCCCCCCCCC(=O)NC(COC1OC(CO)C(OC2OC(CO)C(OC3OC(CO)C(O)C(O)C3O)C(O)C2O)C(O)C1O)C(O)/C=C/CCCCCCCCCCCCCCCCCCCCCCC. The van der Waals surface area contributed by atoms with Crippen LogP contribution in [0.3, 0.4) is 0 Å². The smallest absolute Gasteiger partial charge is 0.220 e. The van der Waals surface area contributed by atoms with Crippen LogP contribution >= 0.6 is 0 Å². The van der Waals surface area contributed by atoms with Gasteiger partial charge in [-0.05, 0) is 70.6 Å². The van der Waals surface area contributed by atoms with Crippen LogP contribution in [0, 0.1) is 0 Å². The lowest BCUT2D eigenvalue weighted by Crippen LogP contribution is -2.66. The maximum atomic E-state index is 13.5. The van der Waals surface area contributed by atoms with Crippen molar-refractivity contribution in [2.75, 3.05) is 26.4 Å². The van der Waals surface area contributed by atoms with Gasteiger partial charge in [0.05, 0.1) is 38.6 Å². The normalized spacial score (nSPS) is 27.4. The number of aliphatic hydroxyl groups is 11. The minimum atomic E-state index is -1.98. The highest BCUT2D eigenvalue weighted by Crippen LogP contribution is 2.33. The number of nitrogens with one attached hydrogen (secondary N) is 1. The molecule has 0 bridgehead atoms. The second-order valence-corrected chi connectivity index (χ2v) is 27.1. The quantitative estimate of drug-likeness (QED) is 0.0199. The van der Waals surface area contributed by atoms with E-state index in [4.69, 9.17) is 28.4 Å². The van der Waals surface area contributed by atoms with Crippen molar-refractivity contribution in [3.63, 3.8) is 0 Å². The molecule has 0 aliphatic carbocycles. The molecule has 3 aliphatic heterocycles. The molecule has 19 heteroatoms. The number of ether oxygens (including phenoxy) is 6. The Bertz CT molecular complexity index is 2080. The number of carbonyl (C=O) groups is 1. The van der Waals surface area contributed by atoms with E-state index in [9.17, 15) is 61.0 Å². The third-order valence-corrected chi connectivity index (χ3v) is 18.7. The zero-order valence-electron chi connectivity index (χ0n) is 59.8. The van der Waals surface area contributed by atoms with Gasteiger partial charge in [-0.1, -0.05) is 279 Å². The molecule has 3 aliphatic rings. The first-order chi connectivity index (χ1) is 47.3. The van der Waals surface area contributed by atoms with Crippen LogP contribution < -0.4 is 5.32 Å². The second-order valence-electron chi connectivity index (χ2n) is 27.1. The maximum Gasteiger partial charge on any atom is 0.220 e. The van der Waals surface area contributed by atoms with E-state index in [0.29, 0.717) is 6.42 Å². The molecule has 19 nitrogen and oxygen atoms in total. The molecule has 0 radical (unpaired) electrons. The molecule has 3 rings (SSSR count). The Morgan fingerprint density at radius 3 is 1.11 bits per heavy atom. The highest BCUT2D eigenvalue weighted by atomic mass is 16.8. The summed E-state index contributed by atoms with van der Waals surface area (Å²) in [7, 11) is 0. The van der Waals surface area contributed by atoms with E-state index >= 15 is 0 Å². The van der Waals surface area contributed by atoms with E-state index in [0.717, 1.165) is 96.3 Å². The minimum Gasteiger partial charge on any atom is -0.394 e. The third-order valence-electron chi connectivity index (χ3n) is 18.7. The Labute approximate surface area is 584 Å². The Hall–Kier alpha value is -3.03. The summed E-state index contributed by atoms with van der Waals surface area (Å²) in [6, 6.07) is -0.982. The van der Waals surface area contributed by atoms with Crippen molar-refractivity contribution in [1.82, 2.24) is 5.32 Å². The average molecular weight is 1380 g/mol. The van der Waals surface area contributed by atoms with E-state index < -0.39 is 124 Å². The number of rotatable bonds is 59. The number of allylic oxidation sites excluding steroid dienone is 13. The molecule has 0 aromatic carbocycles. The summed E-state index contributed by atoms with van der Waals surface area (Å²) in [5.41, 5.74) is 0. The molecule has 17 unspecified atom stereocenters. The fourth-order valence-electron chi connectivity index (χ4n) is 12.5. The molecule has 0 aromatic heterocycles. The van der Waals surface area contributed by atoms with E-state index in [1.54, 1.807) is 6.08 Å². The monoisotopic (exact) mass is 1380 g/mol. The van der Waals surface area contributed by atoms with Gasteiger partial charge in [-0.3, -0.25) is 4.79 Å². The molecule has 1 amide bonds. The summed E-state index contributed by atoms with van der Waals surface area (Å²) in [6.07, 6.45) is 49.8. The van der Waals surface area contributed by atoms with Crippen molar-refractivity contribution in [1.29, 1.82) is 0 Å². The molecule has 562 valence electrons. The summed E-state index contributed by atoms with van der Waals surface area (Å²) in [5, 5.41) is 121. The van der Waals surface area contributed by atoms with Gasteiger partial charge in [0.2, 0.25) is 5.91 Å². The van der Waals surface area contributed by atoms with Gasteiger partial charge in [-0.2, -0.15) is 0 Å². The molecular weight excluding hydrogens is 1240 g/mol. The van der Waals surface area contributed by atoms with Gasteiger partial charge in [-0.25, -0.2) is 0 Å². The Morgan fingerprint density at radius 2 is 0.711 bits per heavy atom. The standard InChI is InChI=1S/C78H137NO18/c1-3-5-7-9-11-13-15-17-19-21-23-25-27-28-29-30-31-32-34-36-38-40-42-44-46-48-50-52-54-56-66(84)79-61(62(83)55-53-51-49-47-45-43-41-39-37-35-33-26-24-22-20-18-16-14-12-10-8-6-4-2)60-92-76-72(90)69(87)74(64(58-81)94-76)97-78-73(91)70(88)75(65(59-82)95-78)96-77-71(89)68(86)67(85)63(57-80)93-77/h5,7,11,13,17,19,23,25,28-29,31-32,53,55,61-65,67-78,80-83,85-91H,3-4,6,8-10,12,14-16,18,20-22,24,26-27,30,33-52,54,56-60H2,1-2H3,(H,79,84)/b7-5-,13-11-,19-17-,25-23-,29-28-,32-31-,55-53+. The summed E-state index contributed by atoms with van der Waals surface area (Å²) in [5.74, 6) is -0.281. The number of amides is 1. The number of aliphatic hydroxyl groups excluding tert-OH is 11. The minimum absolute atomic E-state index is 0.234. The van der Waals surface area contributed by atoms with E-state index in [2.05, 4.69) is 92.1 Å². The lowest BCUT2D eigenvalue weighted by Gasteiger charge is -2.48. The van der Waals surface area contributed by atoms with Crippen molar-refractivity contribution < 1.29 is 89.4 Å². The summed E-state index contributed by atoms with van der Waals surface area (Å²) in [4.78, 5) is 13.5. The van der Waals surface area contributed by atoms with Gasteiger partial charge in [0, 0.05) is 6.42 Å². The molecule has 3 heterocycles. The first-order valence-corrected chi connectivity index (χ1v) is 38.3. The fraction of sp³-hybridized carbons (Fsp3) is 0.808. The van der Waals surface area contributed by atoms with Gasteiger partial charge in [0.1, 0.15) is 73.2 Å². The van der Waals surface area contributed by atoms with Crippen LogP contribution in [0.1, 0.15) is 271 Å². The van der Waals surface area contributed by atoms with Gasteiger partial charge in [0.15, 0.2) is 18.9 Å². The van der Waals surface area contributed by atoms with Crippen molar-refractivity contribution in [2.45, 2.75) is 375 Å². The second kappa shape index (κ2) is 58.5. The number of hydrogen-bond donors (Lipinski definition) is 12. The van der Waals surface area contributed by atoms with Crippen LogP contribution in [0.15, 0.2) is 85.1 Å². The lowest BCUT2D eigenvalue weighted by molar-refractivity contribution is -0.379. The molecule has 0 saturated carbocycles. The maximum absolute atomic E-state index is 13.5. The van der Waals surface area contributed by atoms with Crippen LogP contribution in [-0.4, -0.2) is 193 Å². The van der Waals surface area contributed by atoms with Crippen molar-refractivity contribution >= 4 is 5.91 Å². The van der Waals surface area contributed by atoms with Gasteiger partial charge < -0.3 is 89.9 Å². The number of carbonyl (C=O) groups excluding carboxylic acids is 1. The number of hydrogen-bond acceptors (Lipinski definition) is 18. The Kier molecular flexibility index (Phi) is 53.2. The third kappa shape index (κ3) is 39.3. The highest BCUT2D eigenvalue weighted by molar-refractivity contribution is 5.76. The van der Waals surface area contributed by atoms with Crippen LogP contribution in [0.25, 0.3) is 0 Å². The lowest BCUT2D eigenvalue weighted by atomic mass is 9.96. The van der Waals surface area contributed by atoms with E-state index in [1.165, 1.54) is 148 Å². The largest absolute Gasteiger partial charge is 0.394 e. The molecule has 17 atom stereocenters. The Balaban J connectivity index is 1.41. The Morgan fingerprint density at radius 1 is 0.381 bits per heavy atom. The summed E-state index contributed by atoms with van der Waals surface area (Å²) < 4.78 is 34.4. The summed E-state index contributed by atoms with van der Waals surface area (Å²) >= 11 is 0. The first kappa shape index (κ1) is 88.2. The van der Waals surface area contributed by atoms with Gasteiger partial charge in [0.25, 0.3) is 0 Å². The average Bonchev–Trinajstić information content (AvgIpc) is 0.789. The first-order valence-electron chi connectivity index (χ1n) is 38.3. The topological polar surface area (TPSA) is 307 Å². The van der Waals surface area contributed by atoms with Crippen LogP contribution in [0.2, 0.25) is 0 Å². The molecule has 0 aromatic rings. The summed E-state index contributed by atoms with van der Waals surface area (Å²) in [6.45, 7) is 1.64. The van der Waals surface area contributed by atoms with Crippen molar-refractivity contribution in [3.8, 4) is 0 Å². The van der Waals surface area contributed by atoms with E-state index in [-0.39, 0.29) is 18.9 Å². The molecule has 0 spiro atoms. The predicted octanol–water partition coefficient (Wildman–Crippen LogP) is 11.8. The predicted molar refractivity (Wildman–Crippen MR) is 383 cm³/mol. The van der Waals surface area contributed by atoms with E-state index in [1.807, 2.05) is 6.08 Å². The van der Waals surface area contributed by atoms with Gasteiger partial charge >= 0.3 is 0 Å². The van der Waals surface area contributed by atoms with Crippen molar-refractivity contribution in [3.05, 3.63) is 85.1 Å². The molecule has 3 saturated heterocycles. The zero-order valence-corrected chi connectivity index (χ0v) is 59.8. The van der Waals surface area contributed by atoms with Crippen molar-refractivity contribution in [2.24, 2.45) is 0 Å².